The van der Waals surface area contributed by atoms with Crippen molar-refractivity contribution in [2.24, 2.45) is 5.92 Å². The van der Waals surface area contributed by atoms with Gasteiger partial charge >= 0.3 is 5.97 Å². The topological polar surface area (TPSA) is 38.3 Å². The van der Waals surface area contributed by atoms with Crippen molar-refractivity contribution in [3.8, 4) is 0 Å². The lowest BCUT2D eigenvalue weighted by molar-refractivity contribution is -0.146. The number of nitrogens with one attached hydrogen (secondary N) is 1. The van der Waals surface area contributed by atoms with Gasteiger partial charge in [0, 0.05) is 11.6 Å². The Hall–Kier alpha value is -1.49. The molecule has 1 aromatic carbocycles. The van der Waals surface area contributed by atoms with E-state index in [0.29, 0.717) is 19.4 Å². The standard InChI is InChI=1S/C14H17F2NO2/c1-19-14(18)9-5-6-17-10(7-9)8-11-12(15)3-2-4-13(11)16/h2-4,9-10,17H,5-8H2,1H3. The minimum absolute atomic E-state index is 0.0746. The molecule has 1 aromatic rings. The first kappa shape index (κ1) is 13.9. The second kappa shape index (κ2) is 6.10. The van der Waals surface area contributed by atoms with Crippen LogP contribution in [0.15, 0.2) is 18.2 Å². The molecule has 0 amide bonds. The summed E-state index contributed by atoms with van der Waals surface area (Å²) in [4.78, 5) is 11.5. The summed E-state index contributed by atoms with van der Waals surface area (Å²) in [6, 6.07) is 3.74. The van der Waals surface area contributed by atoms with Gasteiger partial charge < -0.3 is 10.1 Å². The van der Waals surface area contributed by atoms with Gasteiger partial charge in [0.15, 0.2) is 0 Å². The van der Waals surface area contributed by atoms with E-state index in [-0.39, 0.29) is 29.9 Å². The Labute approximate surface area is 111 Å². The maximum absolute atomic E-state index is 13.6. The van der Waals surface area contributed by atoms with Crippen LogP contribution in [0.5, 0.6) is 0 Å². The highest BCUT2D eigenvalue weighted by Crippen LogP contribution is 2.22. The number of piperidine rings is 1. The number of halogens is 2. The molecule has 1 N–H and O–H groups in total. The van der Waals surface area contributed by atoms with E-state index in [2.05, 4.69) is 5.32 Å². The molecule has 1 heterocycles. The fraction of sp³-hybridized carbons (Fsp3) is 0.500. The molecular formula is C14H17F2NO2. The average molecular weight is 269 g/mol. The maximum Gasteiger partial charge on any atom is 0.308 e. The predicted molar refractivity (Wildman–Crippen MR) is 66.6 cm³/mol. The molecule has 5 heteroatoms. The monoisotopic (exact) mass is 269 g/mol. The molecule has 0 radical (unpaired) electrons. The Morgan fingerprint density at radius 2 is 2.11 bits per heavy atom. The van der Waals surface area contributed by atoms with Gasteiger partial charge in [0.05, 0.1) is 13.0 Å². The highest BCUT2D eigenvalue weighted by atomic mass is 19.1. The Morgan fingerprint density at radius 3 is 2.74 bits per heavy atom. The van der Waals surface area contributed by atoms with E-state index in [9.17, 15) is 13.6 Å². The summed E-state index contributed by atoms with van der Waals surface area (Å²) in [5.41, 5.74) is 0.0746. The summed E-state index contributed by atoms with van der Waals surface area (Å²) in [7, 11) is 1.36. The number of methoxy groups -OCH3 is 1. The second-order valence-corrected chi connectivity index (χ2v) is 4.80. The minimum atomic E-state index is -0.540. The quantitative estimate of drug-likeness (QED) is 0.853. The SMILES string of the molecule is COC(=O)C1CCNC(Cc2c(F)cccc2F)C1. The van der Waals surface area contributed by atoms with Crippen LogP contribution in [0.2, 0.25) is 0 Å². The van der Waals surface area contributed by atoms with Gasteiger partial charge in [0.25, 0.3) is 0 Å². The van der Waals surface area contributed by atoms with Crippen molar-refractivity contribution < 1.29 is 18.3 Å². The summed E-state index contributed by atoms with van der Waals surface area (Å²) in [5.74, 6) is -1.52. The Balaban J connectivity index is 2.05. The van der Waals surface area contributed by atoms with Gasteiger partial charge in [0.2, 0.25) is 0 Å². The molecule has 3 nitrogen and oxygen atoms in total. The molecule has 1 saturated heterocycles. The molecule has 19 heavy (non-hydrogen) atoms. The number of ether oxygens (including phenoxy) is 1. The summed E-state index contributed by atoms with van der Waals surface area (Å²) in [5, 5.41) is 3.19. The van der Waals surface area contributed by atoms with Crippen molar-refractivity contribution >= 4 is 5.97 Å². The average Bonchev–Trinajstić information content (AvgIpc) is 2.42. The molecule has 1 aliphatic heterocycles. The molecule has 0 spiro atoms. The highest BCUT2D eigenvalue weighted by molar-refractivity contribution is 5.72. The largest absolute Gasteiger partial charge is 0.469 e. The fourth-order valence-electron chi connectivity index (χ4n) is 2.52. The number of carbonyl (C=O) groups excluding carboxylic acids is 1. The van der Waals surface area contributed by atoms with Crippen molar-refractivity contribution in [1.29, 1.82) is 0 Å². The number of carbonyl (C=O) groups is 1. The van der Waals surface area contributed by atoms with E-state index in [1.165, 1.54) is 25.3 Å². The van der Waals surface area contributed by atoms with Crippen LogP contribution in [-0.4, -0.2) is 25.7 Å². The molecule has 0 saturated carbocycles. The molecule has 1 aliphatic rings. The first-order valence-corrected chi connectivity index (χ1v) is 6.36. The predicted octanol–water partition coefficient (Wildman–Crippen LogP) is 2.05. The number of esters is 1. The van der Waals surface area contributed by atoms with Crippen molar-refractivity contribution in [1.82, 2.24) is 5.32 Å². The van der Waals surface area contributed by atoms with E-state index < -0.39 is 11.6 Å². The van der Waals surface area contributed by atoms with Crippen LogP contribution in [0, 0.1) is 17.6 Å². The van der Waals surface area contributed by atoms with Gasteiger partial charge in [-0.25, -0.2) is 8.78 Å². The van der Waals surface area contributed by atoms with Crippen LogP contribution in [-0.2, 0) is 16.0 Å². The van der Waals surface area contributed by atoms with Crippen LogP contribution in [0.1, 0.15) is 18.4 Å². The molecule has 2 atom stereocenters. The van der Waals surface area contributed by atoms with Gasteiger partial charge in [-0.2, -0.15) is 0 Å². The van der Waals surface area contributed by atoms with E-state index in [1.807, 2.05) is 0 Å². The zero-order chi connectivity index (χ0) is 13.8. The van der Waals surface area contributed by atoms with Crippen LogP contribution in [0.25, 0.3) is 0 Å². The second-order valence-electron chi connectivity index (χ2n) is 4.80. The zero-order valence-electron chi connectivity index (χ0n) is 10.8. The van der Waals surface area contributed by atoms with E-state index in [0.717, 1.165) is 0 Å². The molecule has 1 fully saturated rings. The number of hydrogen-bond acceptors (Lipinski definition) is 3. The van der Waals surface area contributed by atoms with Crippen LogP contribution < -0.4 is 5.32 Å². The van der Waals surface area contributed by atoms with Crippen LogP contribution in [0.4, 0.5) is 8.78 Å². The number of hydrogen-bond donors (Lipinski definition) is 1. The smallest absolute Gasteiger partial charge is 0.308 e. The summed E-state index contributed by atoms with van der Waals surface area (Å²) in [6.45, 7) is 0.653. The number of rotatable bonds is 3. The van der Waals surface area contributed by atoms with Gasteiger partial charge in [-0.1, -0.05) is 6.07 Å². The lowest BCUT2D eigenvalue weighted by Crippen LogP contribution is -2.42. The highest BCUT2D eigenvalue weighted by Gasteiger charge is 2.28. The van der Waals surface area contributed by atoms with Crippen LogP contribution in [0.3, 0.4) is 0 Å². The van der Waals surface area contributed by atoms with E-state index in [4.69, 9.17) is 4.74 Å². The molecule has 104 valence electrons. The minimum Gasteiger partial charge on any atom is -0.469 e. The summed E-state index contributed by atoms with van der Waals surface area (Å²) in [6.07, 6.45) is 1.48. The Morgan fingerprint density at radius 1 is 1.42 bits per heavy atom. The lowest BCUT2D eigenvalue weighted by atomic mass is 9.89. The Bertz CT molecular complexity index is 445. The van der Waals surface area contributed by atoms with Crippen molar-refractivity contribution in [3.63, 3.8) is 0 Å². The molecule has 2 rings (SSSR count). The van der Waals surface area contributed by atoms with Gasteiger partial charge in [-0.3, -0.25) is 4.79 Å². The zero-order valence-corrected chi connectivity index (χ0v) is 10.8. The Kier molecular flexibility index (Phi) is 4.47. The molecule has 0 bridgehead atoms. The third-order valence-electron chi connectivity index (χ3n) is 3.54. The normalized spacial score (nSPS) is 23.1. The first-order chi connectivity index (χ1) is 9.11. The molecular weight excluding hydrogens is 252 g/mol. The van der Waals surface area contributed by atoms with Crippen molar-refractivity contribution in [2.45, 2.75) is 25.3 Å². The first-order valence-electron chi connectivity index (χ1n) is 6.36. The maximum atomic E-state index is 13.6. The molecule has 0 aromatic heterocycles. The molecule has 0 aliphatic carbocycles. The third-order valence-corrected chi connectivity index (χ3v) is 3.54. The van der Waals surface area contributed by atoms with Crippen LogP contribution >= 0.6 is 0 Å². The van der Waals surface area contributed by atoms with E-state index >= 15 is 0 Å². The van der Waals surface area contributed by atoms with Gasteiger partial charge in [-0.15, -0.1) is 0 Å². The van der Waals surface area contributed by atoms with Gasteiger partial charge in [0.1, 0.15) is 11.6 Å². The summed E-state index contributed by atoms with van der Waals surface area (Å²) >= 11 is 0. The van der Waals surface area contributed by atoms with Gasteiger partial charge in [-0.05, 0) is 37.9 Å². The number of benzene rings is 1. The third kappa shape index (κ3) is 3.29. The lowest BCUT2D eigenvalue weighted by Gasteiger charge is -2.29. The fourth-order valence-corrected chi connectivity index (χ4v) is 2.52. The van der Waals surface area contributed by atoms with Crippen molar-refractivity contribution in [3.05, 3.63) is 35.4 Å². The van der Waals surface area contributed by atoms with Crippen molar-refractivity contribution in [2.75, 3.05) is 13.7 Å². The van der Waals surface area contributed by atoms with E-state index in [1.54, 1.807) is 0 Å². The summed E-state index contributed by atoms with van der Waals surface area (Å²) < 4.78 is 31.9. The molecule has 2 unspecified atom stereocenters.